The summed E-state index contributed by atoms with van der Waals surface area (Å²) >= 11 is 5.47. The van der Waals surface area contributed by atoms with Gasteiger partial charge in [-0.3, -0.25) is 4.79 Å². The third kappa shape index (κ3) is 2.08. The summed E-state index contributed by atoms with van der Waals surface area (Å²) in [5.41, 5.74) is -0.551. The Balaban J connectivity index is 3.34. The van der Waals surface area contributed by atoms with E-state index in [9.17, 15) is 14.4 Å². The van der Waals surface area contributed by atoms with Crippen LogP contribution >= 0.6 is 11.6 Å². The zero-order valence-electron chi connectivity index (χ0n) is 7.17. The molecule has 0 aliphatic rings. The number of hydrogen-bond acceptors (Lipinski definition) is 3. The van der Waals surface area contributed by atoms with Crippen LogP contribution in [0, 0.1) is 11.0 Å². The summed E-state index contributed by atoms with van der Waals surface area (Å²) < 4.78 is 13.0. The first-order valence-electron chi connectivity index (χ1n) is 3.66. The van der Waals surface area contributed by atoms with Crippen LogP contribution in [0.25, 0.3) is 0 Å². The van der Waals surface area contributed by atoms with Crippen LogP contribution in [0.15, 0.2) is 12.1 Å². The largest absolute Gasteiger partial charge is 0.595 e. The van der Waals surface area contributed by atoms with E-state index in [-0.39, 0.29) is 16.3 Å². The van der Waals surface area contributed by atoms with Gasteiger partial charge in [-0.2, -0.15) is 5.23 Å². The van der Waals surface area contributed by atoms with Gasteiger partial charge in [0.15, 0.2) is 11.5 Å². The fraction of sp³-hybridized carbons (Fsp3) is 0.125. The third-order valence-corrected chi connectivity index (χ3v) is 1.98. The normalized spacial score (nSPS) is 12.6. The molecule has 0 fully saturated rings. The molecule has 0 radical (unpaired) electrons. The number of carbonyl (C=O) groups is 1. The predicted molar refractivity (Wildman–Crippen MR) is 47.2 cm³/mol. The minimum atomic E-state index is -1.29. The first-order valence-corrected chi connectivity index (χ1v) is 4.04. The van der Waals surface area contributed by atoms with Crippen LogP contribution in [0.1, 0.15) is 17.3 Å². The van der Waals surface area contributed by atoms with Crippen molar-refractivity contribution in [2.45, 2.75) is 6.92 Å². The second kappa shape index (κ2) is 4.02. The number of hydrogen-bond donors (Lipinski definition) is 2. The van der Waals surface area contributed by atoms with Gasteiger partial charge < -0.3 is 5.21 Å². The van der Waals surface area contributed by atoms with Crippen molar-refractivity contribution < 1.29 is 19.6 Å². The highest BCUT2D eigenvalue weighted by Crippen LogP contribution is 2.22. The van der Waals surface area contributed by atoms with Gasteiger partial charge in [0.05, 0.1) is 5.56 Å². The molecule has 1 rings (SSSR count). The molecule has 1 atom stereocenters. The van der Waals surface area contributed by atoms with Crippen LogP contribution in [-0.2, 0) is 0 Å². The highest BCUT2D eigenvalue weighted by Gasteiger charge is 2.15. The van der Waals surface area contributed by atoms with E-state index < -0.39 is 16.8 Å². The van der Waals surface area contributed by atoms with Crippen LogP contribution in [0.5, 0.6) is 0 Å². The monoisotopic (exact) mass is 219 g/mol. The number of benzene rings is 1. The lowest BCUT2D eigenvalue weighted by atomic mass is 10.1. The molecule has 0 heterocycles. The van der Waals surface area contributed by atoms with E-state index in [2.05, 4.69) is 0 Å². The summed E-state index contributed by atoms with van der Waals surface area (Å²) in [6, 6.07) is 1.75. The van der Waals surface area contributed by atoms with Gasteiger partial charge in [0, 0.05) is 6.07 Å². The number of carbonyl (C=O) groups excluding carboxylic acids is 1. The standard InChI is InChI=1S/C8H7ClFNO3/c1-4(12)5-2-8(11(13)14)6(9)3-7(5)10/h2-3,11,13H,1H3. The van der Waals surface area contributed by atoms with Gasteiger partial charge in [-0.25, -0.2) is 9.60 Å². The lowest BCUT2D eigenvalue weighted by Crippen LogP contribution is -2.99. The zero-order chi connectivity index (χ0) is 10.9. The number of halogens is 2. The molecular weight excluding hydrogens is 213 g/mol. The SMILES string of the molecule is CC(=O)c1cc([NH+]([O-])O)c(Cl)cc1F. The minimum absolute atomic E-state index is 0.222. The van der Waals surface area contributed by atoms with Gasteiger partial charge in [0.1, 0.15) is 10.8 Å². The van der Waals surface area contributed by atoms with Crippen molar-refractivity contribution in [3.05, 3.63) is 33.7 Å². The second-order valence-corrected chi connectivity index (χ2v) is 3.08. The van der Waals surface area contributed by atoms with E-state index in [1.54, 1.807) is 0 Å². The van der Waals surface area contributed by atoms with Gasteiger partial charge in [-0.05, 0) is 13.0 Å². The molecule has 0 aliphatic carbocycles. The molecule has 1 unspecified atom stereocenters. The zero-order valence-corrected chi connectivity index (χ0v) is 7.93. The molecule has 0 aromatic heterocycles. The maximum atomic E-state index is 13.0. The average molecular weight is 220 g/mol. The molecule has 0 bridgehead atoms. The Hall–Kier alpha value is -1.01. The highest BCUT2D eigenvalue weighted by molar-refractivity contribution is 6.32. The van der Waals surface area contributed by atoms with E-state index >= 15 is 0 Å². The molecule has 0 saturated heterocycles. The Bertz CT molecular complexity index is 381. The summed E-state index contributed by atoms with van der Waals surface area (Å²) in [5.74, 6) is -1.35. The summed E-state index contributed by atoms with van der Waals surface area (Å²) in [4.78, 5) is 10.9. The minimum Gasteiger partial charge on any atom is -0.595 e. The van der Waals surface area contributed by atoms with E-state index in [0.29, 0.717) is 0 Å². The molecule has 6 heteroatoms. The number of nitrogens with one attached hydrogen (secondary N) is 1. The first kappa shape index (κ1) is 11.1. The van der Waals surface area contributed by atoms with Crippen molar-refractivity contribution in [2.24, 2.45) is 0 Å². The van der Waals surface area contributed by atoms with Crippen molar-refractivity contribution in [2.75, 3.05) is 0 Å². The van der Waals surface area contributed by atoms with Crippen LogP contribution < -0.4 is 5.23 Å². The Morgan fingerprint density at radius 1 is 1.64 bits per heavy atom. The molecule has 0 spiro atoms. The number of quaternary nitrogens is 1. The van der Waals surface area contributed by atoms with Gasteiger partial charge >= 0.3 is 0 Å². The fourth-order valence-electron chi connectivity index (χ4n) is 0.983. The van der Waals surface area contributed by atoms with E-state index in [1.807, 2.05) is 0 Å². The Morgan fingerprint density at radius 3 is 2.64 bits per heavy atom. The quantitative estimate of drug-likeness (QED) is 0.578. The molecule has 0 amide bonds. The maximum Gasteiger partial charge on any atom is 0.183 e. The number of Topliss-reactive ketones (excluding diaryl/α,β-unsaturated/α-hetero) is 1. The number of rotatable bonds is 2. The van der Waals surface area contributed by atoms with Crippen LogP contribution in [0.4, 0.5) is 10.1 Å². The molecule has 0 saturated carbocycles. The smallest absolute Gasteiger partial charge is 0.183 e. The Morgan fingerprint density at radius 2 is 2.21 bits per heavy atom. The van der Waals surface area contributed by atoms with E-state index in [0.717, 1.165) is 19.1 Å². The Labute approximate surface area is 84.0 Å². The highest BCUT2D eigenvalue weighted by atomic mass is 35.5. The Kier molecular flexibility index (Phi) is 3.17. The molecular formula is C8H7ClFNO3. The molecule has 4 nitrogen and oxygen atoms in total. The van der Waals surface area contributed by atoms with Crippen molar-refractivity contribution in [1.29, 1.82) is 0 Å². The molecule has 1 aromatic carbocycles. The van der Waals surface area contributed by atoms with Crippen LogP contribution in [0.3, 0.4) is 0 Å². The van der Waals surface area contributed by atoms with Crippen molar-refractivity contribution >= 4 is 23.1 Å². The van der Waals surface area contributed by atoms with E-state index in [1.165, 1.54) is 0 Å². The molecule has 2 N–H and O–H groups in total. The summed E-state index contributed by atoms with van der Waals surface area (Å²) in [6.07, 6.45) is 0. The molecule has 76 valence electrons. The molecule has 14 heavy (non-hydrogen) atoms. The predicted octanol–water partition coefficient (Wildman–Crippen LogP) is 1.09. The van der Waals surface area contributed by atoms with Gasteiger partial charge in [0.2, 0.25) is 0 Å². The van der Waals surface area contributed by atoms with Crippen LogP contribution in [0.2, 0.25) is 5.02 Å². The second-order valence-electron chi connectivity index (χ2n) is 2.67. The average Bonchev–Trinajstić information content (AvgIpc) is 2.02. The lowest BCUT2D eigenvalue weighted by Gasteiger charge is -2.13. The topological polar surface area (TPSA) is 64.8 Å². The van der Waals surface area contributed by atoms with Crippen molar-refractivity contribution in [1.82, 2.24) is 0 Å². The molecule has 1 aromatic rings. The van der Waals surface area contributed by atoms with Gasteiger partial charge in [-0.1, -0.05) is 11.6 Å². The van der Waals surface area contributed by atoms with Gasteiger partial charge in [-0.15, -0.1) is 0 Å². The third-order valence-electron chi connectivity index (χ3n) is 1.67. The lowest BCUT2D eigenvalue weighted by molar-refractivity contribution is -0.991. The van der Waals surface area contributed by atoms with Crippen molar-refractivity contribution in [3.8, 4) is 0 Å². The van der Waals surface area contributed by atoms with E-state index in [4.69, 9.17) is 16.8 Å². The summed E-state index contributed by atoms with van der Waals surface area (Å²) in [7, 11) is 0. The maximum absolute atomic E-state index is 13.0. The number of ketones is 1. The fourth-order valence-corrected chi connectivity index (χ4v) is 1.21. The van der Waals surface area contributed by atoms with Crippen molar-refractivity contribution in [3.63, 3.8) is 0 Å². The molecule has 0 aliphatic heterocycles. The first-order chi connectivity index (χ1) is 6.43. The van der Waals surface area contributed by atoms with Gasteiger partial charge in [0.25, 0.3) is 0 Å². The van der Waals surface area contributed by atoms with Crippen LogP contribution in [-0.4, -0.2) is 11.0 Å². The summed E-state index contributed by atoms with van der Waals surface area (Å²) in [6.45, 7) is 1.15. The summed E-state index contributed by atoms with van der Waals surface area (Å²) in [5, 5.41) is 17.7.